The Bertz CT molecular complexity index is 342. The molecule has 0 atom stereocenters. The highest BCUT2D eigenvalue weighted by Gasteiger charge is 2.19. The zero-order valence-corrected chi connectivity index (χ0v) is 8.66. The van der Waals surface area contributed by atoms with E-state index in [9.17, 15) is 4.79 Å². The fourth-order valence-electron chi connectivity index (χ4n) is 1.71. The maximum Gasteiger partial charge on any atom is 0.312 e. The number of nitrogens with zero attached hydrogens (tertiary/aromatic N) is 1. The molecule has 5 heteroatoms. The molecule has 1 amide bonds. The van der Waals surface area contributed by atoms with Crippen molar-refractivity contribution in [1.82, 2.24) is 10.5 Å². The minimum absolute atomic E-state index is 0.150. The van der Waals surface area contributed by atoms with Gasteiger partial charge in [-0.3, -0.25) is 9.63 Å². The molecule has 82 valence electrons. The molecule has 1 aromatic rings. The van der Waals surface area contributed by atoms with Crippen molar-refractivity contribution in [3.05, 3.63) is 17.8 Å². The van der Waals surface area contributed by atoms with Crippen LogP contribution >= 0.6 is 0 Å². The van der Waals surface area contributed by atoms with Gasteiger partial charge >= 0.3 is 5.91 Å². The van der Waals surface area contributed by atoms with E-state index in [1.54, 1.807) is 6.92 Å². The molecule has 1 aliphatic rings. The van der Waals surface area contributed by atoms with Crippen LogP contribution < -0.4 is 5.48 Å². The number of carbonyl (C=O) groups is 1. The molecule has 15 heavy (non-hydrogen) atoms. The second-order valence-electron chi connectivity index (χ2n) is 3.72. The first-order valence-corrected chi connectivity index (χ1v) is 5.13. The number of aromatic nitrogens is 1. The van der Waals surface area contributed by atoms with Crippen LogP contribution in [-0.4, -0.2) is 17.0 Å². The molecule has 1 saturated carbocycles. The highest BCUT2D eigenvalue weighted by Crippen LogP contribution is 2.20. The molecule has 1 aliphatic carbocycles. The highest BCUT2D eigenvalue weighted by molar-refractivity contribution is 5.91. The van der Waals surface area contributed by atoms with Crippen LogP contribution in [0.5, 0.6) is 0 Å². The van der Waals surface area contributed by atoms with Gasteiger partial charge in [0, 0.05) is 0 Å². The number of nitrogens with one attached hydrogen (secondary N) is 1. The summed E-state index contributed by atoms with van der Waals surface area (Å²) in [5, 5.41) is 0. The Morgan fingerprint density at radius 2 is 2.33 bits per heavy atom. The van der Waals surface area contributed by atoms with E-state index in [4.69, 9.17) is 9.25 Å². The summed E-state index contributed by atoms with van der Waals surface area (Å²) in [5.74, 6) is -0.148. The van der Waals surface area contributed by atoms with Gasteiger partial charge in [0.15, 0.2) is 6.39 Å². The fourth-order valence-corrected chi connectivity index (χ4v) is 1.71. The molecular formula is C10H14N2O3. The lowest BCUT2D eigenvalue weighted by Gasteiger charge is -2.10. The first-order chi connectivity index (χ1) is 7.27. The molecule has 1 aromatic heterocycles. The van der Waals surface area contributed by atoms with E-state index >= 15 is 0 Å². The summed E-state index contributed by atoms with van der Waals surface area (Å²) in [6.45, 7) is 1.72. The summed E-state index contributed by atoms with van der Waals surface area (Å²) in [6.07, 6.45) is 5.76. The van der Waals surface area contributed by atoms with Crippen molar-refractivity contribution in [2.75, 3.05) is 0 Å². The van der Waals surface area contributed by atoms with Crippen molar-refractivity contribution >= 4 is 5.91 Å². The fraction of sp³-hybridized carbons (Fsp3) is 0.600. The van der Waals surface area contributed by atoms with Crippen molar-refractivity contribution in [1.29, 1.82) is 0 Å². The topological polar surface area (TPSA) is 64.4 Å². The summed E-state index contributed by atoms with van der Waals surface area (Å²) >= 11 is 0. The molecule has 0 bridgehead atoms. The Balaban J connectivity index is 1.84. The highest BCUT2D eigenvalue weighted by atomic mass is 16.7. The summed E-state index contributed by atoms with van der Waals surface area (Å²) < 4.78 is 4.94. The first kappa shape index (κ1) is 10.2. The lowest BCUT2D eigenvalue weighted by Crippen LogP contribution is -2.28. The van der Waals surface area contributed by atoms with Gasteiger partial charge in [0.05, 0.1) is 11.8 Å². The average Bonchev–Trinajstić information content (AvgIpc) is 2.84. The molecule has 0 unspecified atom stereocenters. The lowest BCUT2D eigenvalue weighted by atomic mass is 10.3. The molecule has 0 aromatic carbocycles. The Morgan fingerprint density at radius 1 is 1.60 bits per heavy atom. The molecule has 1 fully saturated rings. The van der Waals surface area contributed by atoms with E-state index in [-0.39, 0.29) is 17.8 Å². The number of oxazole rings is 1. The molecule has 5 nitrogen and oxygen atoms in total. The summed E-state index contributed by atoms with van der Waals surface area (Å²) in [7, 11) is 0. The van der Waals surface area contributed by atoms with E-state index in [1.807, 2.05) is 0 Å². The zero-order chi connectivity index (χ0) is 10.7. The Morgan fingerprint density at radius 3 is 2.93 bits per heavy atom. The van der Waals surface area contributed by atoms with Crippen LogP contribution in [0.4, 0.5) is 0 Å². The summed E-state index contributed by atoms with van der Waals surface area (Å²) in [4.78, 5) is 20.6. The minimum Gasteiger partial charge on any atom is -0.438 e. The van der Waals surface area contributed by atoms with E-state index < -0.39 is 0 Å². The first-order valence-electron chi connectivity index (χ1n) is 5.13. The third-order valence-electron chi connectivity index (χ3n) is 2.57. The van der Waals surface area contributed by atoms with Gasteiger partial charge in [-0.05, 0) is 19.8 Å². The molecule has 1 N–H and O–H groups in total. The van der Waals surface area contributed by atoms with Gasteiger partial charge < -0.3 is 4.42 Å². The van der Waals surface area contributed by atoms with Gasteiger partial charge in [-0.1, -0.05) is 12.8 Å². The van der Waals surface area contributed by atoms with E-state index in [1.165, 1.54) is 19.2 Å². The number of hydroxylamine groups is 1. The maximum absolute atomic E-state index is 11.5. The third kappa shape index (κ3) is 2.36. The molecule has 0 aliphatic heterocycles. The van der Waals surface area contributed by atoms with Gasteiger partial charge in [0.25, 0.3) is 0 Å². The zero-order valence-electron chi connectivity index (χ0n) is 8.66. The van der Waals surface area contributed by atoms with Crippen LogP contribution in [0.25, 0.3) is 0 Å². The second-order valence-corrected chi connectivity index (χ2v) is 3.72. The van der Waals surface area contributed by atoms with Crippen LogP contribution in [-0.2, 0) is 4.84 Å². The van der Waals surface area contributed by atoms with Gasteiger partial charge in [-0.2, -0.15) is 0 Å². The van der Waals surface area contributed by atoms with Gasteiger partial charge in [0.1, 0.15) is 0 Å². The molecule has 0 spiro atoms. The summed E-state index contributed by atoms with van der Waals surface area (Å²) in [6, 6.07) is 0. The molecular weight excluding hydrogens is 196 g/mol. The molecule has 0 saturated heterocycles. The number of hydrogen-bond acceptors (Lipinski definition) is 4. The average molecular weight is 210 g/mol. The lowest BCUT2D eigenvalue weighted by molar-refractivity contribution is -0.0139. The predicted molar refractivity (Wildman–Crippen MR) is 52.0 cm³/mol. The van der Waals surface area contributed by atoms with E-state index in [2.05, 4.69) is 10.5 Å². The number of rotatable bonds is 3. The van der Waals surface area contributed by atoms with Crippen LogP contribution in [0.2, 0.25) is 0 Å². The van der Waals surface area contributed by atoms with Gasteiger partial charge in [-0.25, -0.2) is 10.5 Å². The monoisotopic (exact) mass is 210 g/mol. The smallest absolute Gasteiger partial charge is 0.312 e. The van der Waals surface area contributed by atoms with Crippen molar-refractivity contribution in [2.24, 2.45) is 0 Å². The van der Waals surface area contributed by atoms with Crippen LogP contribution in [0.1, 0.15) is 41.9 Å². The van der Waals surface area contributed by atoms with E-state index in [0.29, 0.717) is 5.69 Å². The number of hydrogen-bond donors (Lipinski definition) is 1. The van der Waals surface area contributed by atoms with Crippen molar-refractivity contribution in [3.8, 4) is 0 Å². The van der Waals surface area contributed by atoms with Crippen LogP contribution in [0, 0.1) is 6.92 Å². The van der Waals surface area contributed by atoms with Crippen molar-refractivity contribution in [2.45, 2.75) is 38.7 Å². The molecule has 1 heterocycles. The number of aryl methyl sites for hydroxylation is 1. The Kier molecular flexibility index (Phi) is 3.01. The molecule has 0 radical (unpaired) electrons. The van der Waals surface area contributed by atoms with Crippen LogP contribution in [0.3, 0.4) is 0 Å². The predicted octanol–water partition coefficient (Wildman–Crippen LogP) is 1.59. The van der Waals surface area contributed by atoms with Gasteiger partial charge in [-0.15, -0.1) is 0 Å². The van der Waals surface area contributed by atoms with Crippen molar-refractivity contribution in [3.63, 3.8) is 0 Å². The minimum atomic E-state index is -0.364. The second kappa shape index (κ2) is 4.44. The maximum atomic E-state index is 11.5. The standard InChI is InChI=1S/C10H14N2O3/c1-7-9(14-6-11-7)10(13)12-15-8-4-2-3-5-8/h6,8H,2-5H2,1H3,(H,12,13). The Labute approximate surface area is 87.8 Å². The SMILES string of the molecule is Cc1ncoc1C(=O)NOC1CCCC1. The number of carbonyl (C=O) groups excluding carboxylic acids is 1. The molecule has 2 rings (SSSR count). The van der Waals surface area contributed by atoms with Crippen LogP contribution in [0.15, 0.2) is 10.8 Å². The van der Waals surface area contributed by atoms with Crippen molar-refractivity contribution < 1.29 is 14.0 Å². The Hall–Kier alpha value is -1.36. The number of amides is 1. The quantitative estimate of drug-likeness (QED) is 0.769. The largest absolute Gasteiger partial charge is 0.438 e. The normalized spacial score (nSPS) is 16.9. The van der Waals surface area contributed by atoms with E-state index in [0.717, 1.165) is 12.8 Å². The van der Waals surface area contributed by atoms with Gasteiger partial charge in [0.2, 0.25) is 5.76 Å². The summed E-state index contributed by atoms with van der Waals surface area (Å²) in [5.41, 5.74) is 2.97. The third-order valence-corrected chi connectivity index (χ3v) is 2.57.